The monoisotopic (exact) mass is 1410 g/mol. The zero-order valence-corrected chi connectivity index (χ0v) is 59.8. The molecule has 1 aliphatic carbocycles. The Morgan fingerprint density at radius 2 is 0.804 bits per heavy atom. The number of ether oxygens (including phenoxy) is 7. The zero-order valence-electron chi connectivity index (χ0n) is 58.9. The van der Waals surface area contributed by atoms with Crippen LogP contribution in [-0.4, -0.2) is 204 Å². The number of unbranched alkanes of at least 4 members (excludes halogenated alkanes) is 33. The molecular formula is C72H129O24P. The number of aliphatic hydroxyl groups is 10. The lowest BCUT2D eigenvalue weighted by Crippen LogP contribution is -2.69. The number of phosphoric acid groups is 1. The van der Waals surface area contributed by atoms with E-state index >= 15 is 0 Å². The van der Waals surface area contributed by atoms with Crippen LogP contribution in [0.5, 0.6) is 0 Å². The van der Waals surface area contributed by atoms with E-state index in [1.165, 1.54) is 141 Å². The topological polar surface area (TPSA) is 374 Å². The molecule has 1 saturated carbocycles. The van der Waals surface area contributed by atoms with Gasteiger partial charge in [0.1, 0.15) is 98.7 Å². The molecule has 3 rings (SSSR count). The molecule has 3 aliphatic rings. The lowest BCUT2D eigenvalue weighted by molar-refractivity contribution is -0.360. The van der Waals surface area contributed by atoms with E-state index in [-0.39, 0.29) is 12.8 Å². The number of esters is 3. The first-order valence-corrected chi connectivity index (χ1v) is 38.8. The van der Waals surface area contributed by atoms with Crippen molar-refractivity contribution in [3.05, 3.63) is 36.5 Å². The van der Waals surface area contributed by atoms with Gasteiger partial charge in [-0.3, -0.25) is 18.6 Å². The molecule has 3 fully saturated rings. The lowest BCUT2D eigenvalue weighted by atomic mass is 9.84. The fourth-order valence-corrected chi connectivity index (χ4v) is 13.1. The summed E-state index contributed by atoms with van der Waals surface area (Å²) in [5.41, 5.74) is 0. The van der Waals surface area contributed by atoms with Crippen LogP contribution in [0.25, 0.3) is 0 Å². The highest BCUT2D eigenvalue weighted by Crippen LogP contribution is 2.49. The normalized spacial score (nSPS) is 28.0. The van der Waals surface area contributed by atoms with E-state index in [0.29, 0.717) is 19.3 Å². The van der Waals surface area contributed by atoms with Crippen LogP contribution in [0.2, 0.25) is 0 Å². The Balaban J connectivity index is 1.76. The molecule has 566 valence electrons. The van der Waals surface area contributed by atoms with Crippen LogP contribution in [0.15, 0.2) is 36.5 Å². The summed E-state index contributed by atoms with van der Waals surface area (Å²) in [6.07, 6.45) is 15.7. The van der Waals surface area contributed by atoms with Crippen LogP contribution in [-0.2, 0) is 61.2 Å². The van der Waals surface area contributed by atoms with Crippen molar-refractivity contribution < 1.29 is 117 Å². The summed E-state index contributed by atoms with van der Waals surface area (Å²) < 4.78 is 64.7. The Labute approximate surface area is 578 Å². The van der Waals surface area contributed by atoms with Gasteiger partial charge in [0.2, 0.25) is 0 Å². The van der Waals surface area contributed by atoms with Crippen molar-refractivity contribution in [3.8, 4) is 0 Å². The second kappa shape index (κ2) is 53.9. The third-order valence-corrected chi connectivity index (χ3v) is 19.2. The summed E-state index contributed by atoms with van der Waals surface area (Å²) in [6, 6.07) is 0. The molecule has 0 aromatic rings. The van der Waals surface area contributed by atoms with Crippen LogP contribution < -0.4 is 0 Å². The van der Waals surface area contributed by atoms with Crippen molar-refractivity contribution in [1.29, 1.82) is 0 Å². The Morgan fingerprint density at radius 3 is 1.26 bits per heavy atom. The SMILES string of the molecule is CCCCCCCCC/C=C\CCCCCC(=O)OC(COC(=O)/C=C/C=C/CCCCCCCCCCCCC)COP(=O)(O)OC1C(OC2OC(CO)C(O)C(O)C2O)C(O)C(O)C(O)C1OC1OC(COC(=O)CCCCCCCCCCCCCCC)C(O)C(O)C1O. The van der Waals surface area contributed by atoms with Gasteiger partial charge in [-0.1, -0.05) is 237 Å². The molecule has 2 saturated heterocycles. The van der Waals surface area contributed by atoms with Crippen molar-refractivity contribution in [3.63, 3.8) is 0 Å². The summed E-state index contributed by atoms with van der Waals surface area (Å²) >= 11 is 0. The van der Waals surface area contributed by atoms with E-state index in [0.717, 1.165) is 89.5 Å². The highest BCUT2D eigenvalue weighted by Gasteiger charge is 2.58. The van der Waals surface area contributed by atoms with Crippen LogP contribution in [0, 0.1) is 0 Å². The second-order valence-corrected chi connectivity index (χ2v) is 28.1. The van der Waals surface area contributed by atoms with E-state index in [1.54, 1.807) is 6.08 Å². The highest BCUT2D eigenvalue weighted by molar-refractivity contribution is 7.47. The van der Waals surface area contributed by atoms with Gasteiger partial charge in [0.05, 0.1) is 13.2 Å². The minimum atomic E-state index is -5.72. The van der Waals surface area contributed by atoms with Gasteiger partial charge in [-0.25, -0.2) is 9.36 Å². The first-order valence-electron chi connectivity index (χ1n) is 37.3. The van der Waals surface area contributed by atoms with Crippen LogP contribution in [0.1, 0.15) is 271 Å². The van der Waals surface area contributed by atoms with Gasteiger partial charge in [0, 0.05) is 18.9 Å². The van der Waals surface area contributed by atoms with Crippen LogP contribution >= 0.6 is 7.82 Å². The molecule has 0 radical (unpaired) electrons. The number of phosphoric ester groups is 1. The van der Waals surface area contributed by atoms with E-state index in [9.17, 15) is 74.9 Å². The molecule has 0 amide bonds. The van der Waals surface area contributed by atoms with Gasteiger partial charge in [0.15, 0.2) is 18.7 Å². The summed E-state index contributed by atoms with van der Waals surface area (Å²) in [5, 5.41) is 110. The van der Waals surface area contributed by atoms with Gasteiger partial charge in [-0.15, -0.1) is 0 Å². The zero-order chi connectivity index (χ0) is 71.1. The van der Waals surface area contributed by atoms with Gasteiger partial charge in [-0.05, 0) is 51.4 Å². The van der Waals surface area contributed by atoms with Gasteiger partial charge < -0.3 is 89.1 Å². The van der Waals surface area contributed by atoms with E-state index in [1.807, 2.05) is 6.08 Å². The van der Waals surface area contributed by atoms with Gasteiger partial charge in [-0.2, -0.15) is 0 Å². The smallest absolute Gasteiger partial charge is 0.463 e. The average molecular weight is 1410 g/mol. The molecule has 25 heteroatoms. The summed E-state index contributed by atoms with van der Waals surface area (Å²) in [7, 11) is -5.72. The fraction of sp³-hybridized carbons (Fsp3) is 0.875. The van der Waals surface area contributed by atoms with E-state index < -0.39 is 156 Å². The van der Waals surface area contributed by atoms with Crippen LogP contribution in [0.4, 0.5) is 0 Å². The first kappa shape index (κ1) is 88.4. The molecule has 2 aliphatic heterocycles. The van der Waals surface area contributed by atoms with Crippen molar-refractivity contribution in [1.82, 2.24) is 0 Å². The number of aliphatic hydroxyl groups excluding tert-OH is 10. The maximum Gasteiger partial charge on any atom is 0.472 e. The molecule has 97 heavy (non-hydrogen) atoms. The number of carbonyl (C=O) groups excluding carboxylic acids is 3. The molecule has 0 bridgehead atoms. The maximum absolute atomic E-state index is 14.3. The summed E-state index contributed by atoms with van der Waals surface area (Å²) in [6.45, 7) is 3.30. The van der Waals surface area contributed by atoms with Crippen molar-refractivity contribution in [2.24, 2.45) is 0 Å². The summed E-state index contributed by atoms with van der Waals surface area (Å²) in [5.74, 6) is -2.26. The highest BCUT2D eigenvalue weighted by atomic mass is 31.2. The quantitative estimate of drug-likeness (QED) is 0.00513. The molecule has 0 aromatic carbocycles. The number of hydrogen-bond acceptors (Lipinski definition) is 23. The molecule has 18 atom stereocenters. The van der Waals surface area contributed by atoms with Gasteiger partial charge in [0.25, 0.3) is 0 Å². The van der Waals surface area contributed by atoms with E-state index in [4.69, 9.17) is 42.2 Å². The minimum Gasteiger partial charge on any atom is -0.463 e. The maximum atomic E-state index is 14.3. The first-order chi connectivity index (χ1) is 46.8. The van der Waals surface area contributed by atoms with Crippen molar-refractivity contribution in [2.45, 2.75) is 375 Å². The second-order valence-electron chi connectivity index (χ2n) is 26.7. The standard InChI is InChI=1S/C72H129O24P/c1-4-7-10-13-16-19-22-25-27-30-32-34-37-40-43-46-56(74)88-50-53(91-58(76)48-45-42-39-36-33-29-26-23-20-17-14-11-8-5-2)51-90-97(86,87)96-70-68(94-71-66(84)61(79)59(77)54(49-73)92-71)64(82)63(81)65(83)69(70)95-72-67(85)62(80)60(78)55(93-72)52-89-57(75)47-44-41-38-35-31-28-24-21-18-15-12-9-6-3/h29,33,37,40,43,46,53-55,59-73,77-85H,4-28,30-32,34-36,38-39,41-42,44-45,47-52H2,1-3H3,(H,86,87)/b33-29-,40-37+,46-43+. The molecular weight excluding hydrogens is 1280 g/mol. The number of hydrogen-bond donors (Lipinski definition) is 11. The Hall–Kier alpha value is -2.82. The fourth-order valence-electron chi connectivity index (χ4n) is 12.1. The Kier molecular flexibility index (Phi) is 49.1. The minimum absolute atomic E-state index is 0.0269. The van der Waals surface area contributed by atoms with Crippen LogP contribution in [0.3, 0.4) is 0 Å². The van der Waals surface area contributed by atoms with E-state index in [2.05, 4.69) is 32.9 Å². The number of carbonyl (C=O) groups is 3. The number of rotatable bonds is 57. The Morgan fingerprint density at radius 1 is 0.423 bits per heavy atom. The molecule has 18 unspecified atom stereocenters. The molecule has 24 nitrogen and oxygen atoms in total. The van der Waals surface area contributed by atoms with Crippen molar-refractivity contribution >= 4 is 25.7 Å². The van der Waals surface area contributed by atoms with Crippen molar-refractivity contribution in [2.75, 3.05) is 26.4 Å². The average Bonchev–Trinajstić information content (AvgIpc) is 0.764. The van der Waals surface area contributed by atoms with Gasteiger partial charge >= 0.3 is 25.7 Å². The predicted molar refractivity (Wildman–Crippen MR) is 365 cm³/mol. The molecule has 11 N–H and O–H groups in total. The third kappa shape index (κ3) is 37.3. The number of allylic oxidation sites excluding steroid dienone is 5. The lowest BCUT2D eigenvalue weighted by Gasteiger charge is -2.49. The predicted octanol–water partition coefficient (Wildman–Crippen LogP) is 9.90. The summed E-state index contributed by atoms with van der Waals surface area (Å²) in [4.78, 5) is 50.8. The molecule has 0 aromatic heterocycles. The largest absolute Gasteiger partial charge is 0.472 e. The third-order valence-electron chi connectivity index (χ3n) is 18.2. The molecule has 0 spiro atoms. The Bertz CT molecular complexity index is 2150. The molecule has 2 heterocycles.